The molecule has 0 saturated heterocycles. The van der Waals surface area contributed by atoms with Crippen LogP contribution in [0, 0.1) is 79.7 Å². The molecule has 0 saturated carbocycles. The standard InChI is InChI=1S/C16H23O2.C16H21O2.C12H13O.C9H9O.4Y/c2*1-4-5-15(17)11-16(18)7-6-14-9-12(2)8-13(3)10-14;1-9-6-10(2)8-12(7-9)5-4-11(3)13;1-7-3-8(2)5-9(4-7)6-10;;;;/h9-10,15,17H,4-7,11H2,1-3H3;6-7,9-10,15,17H,4-5,11H2,1-3H3;4-5,7-8H,1-3H3;4-6H,1-2H3;;;;/q4*-1;;;;/b;7-6+;5-4+;;;;;. The van der Waals surface area contributed by atoms with E-state index in [-0.39, 0.29) is 155 Å². The van der Waals surface area contributed by atoms with Gasteiger partial charge in [-0.2, -0.15) is 123 Å². The number of carbonyl (C=O) groups excluding carboxylic acids is 4. The monoisotopic (exact) mass is 1150 g/mol. The Morgan fingerprint density at radius 3 is 1.22 bits per heavy atom. The minimum atomic E-state index is -0.514. The molecule has 0 aliphatic rings. The molecule has 6 nitrogen and oxygen atoms in total. The Morgan fingerprint density at radius 1 is 0.540 bits per heavy atom. The third kappa shape index (κ3) is 35.2. The van der Waals surface area contributed by atoms with Crippen LogP contribution in [0.2, 0.25) is 0 Å². The van der Waals surface area contributed by atoms with Gasteiger partial charge in [-0.1, -0.05) is 99.8 Å². The van der Waals surface area contributed by atoms with Crippen molar-refractivity contribution in [1.82, 2.24) is 0 Å². The van der Waals surface area contributed by atoms with Crippen LogP contribution in [-0.4, -0.2) is 46.1 Å². The van der Waals surface area contributed by atoms with Gasteiger partial charge >= 0.3 is 0 Å². The summed E-state index contributed by atoms with van der Waals surface area (Å²) in [4.78, 5) is 44.3. The number of benzene rings is 4. The molecule has 0 spiro atoms. The molecular formula is C53H66O6Y4-4. The molecule has 10 heteroatoms. The molecule has 4 radical (unpaired) electrons. The van der Waals surface area contributed by atoms with Gasteiger partial charge < -0.3 is 15.0 Å². The van der Waals surface area contributed by atoms with E-state index in [9.17, 15) is 29.4 Å². The quantitative estimate of drug-likeness (QED) is 0.0657. The number of carbonyl (C=O) groups is 4. The number of Topliss-reactive ketones (excluding diaryl/α,β-unsaturated/α-hetero) is 1. The van der Waals surface area contributed by atoms with Crippen LogP contribution in [0.1, 0.15) is 137 Å². The van der Waals surface area contributed by atoms with Crippen molar-refractivity contribution in [3.63, 3.8) is 0 Å². The van der Waals surface area contributed by atoms with Gasteiger partial charge in [0.15, 0.2) is 11.6 Å². The minimum absolute atomic E-state index is 0. The molecule has 4 aromatic carbocycles. The van der Waals surface area contributed by atoms with Gasteiger partial charge in [-0.15, -0.1) is 11.1 Å². The molecule has 2 atom stereocenters. The largest absolute Gasteiger partial charge is 0.393 e. The van der Waals surface area contributed by atoms with Crippen LogP contribution >= 0.6 is 0 Å². The van der Waals surface area contributed by atoms with E-state index in [0.29, 0.717) is 25.7 Å². The van der Waals surface area contributed by atoms with Crippen molar-refractivity contribution >= 4 is 35.8 Å². The summed E-state index contributed by atoms with van der Waals surface area (Å²) >= 11 is 0. The number of allylic oxidation sites excluding steroid dienone is 2. The Hall–Kier alpha value is -0.624. The minimum Gasteiger partial charge on any atom is -0.393 e. The van der Waals surface area contributed by atoms with Crippen molar-refractivity contribution in [2.45, 2.75) is 140 Å². The SMILES string of the molecule is CC(=O)/C=C/c1cc(C)[c-]c(C)c1.CCCC(O)CC(=O)/C=C/c1cc(C)[c-]c(C)c1.CCCC(O)CC(=O)CCc1cc(C)[c-]c(C)c1.Cc1[c-]c(C)cc(C=O)c1.[Y].[Y].[Y].[Y]. The topological polar surface area (TPSA) is 109 Å². The number of aliphatic hydroxyl groups excluding tert-OH is 2. The van der Waals surface area contributed by atoms with E-state index < -0.39 is 12.2 Å². The average molecular weight is 1150 g/mol. The number of aliphatic hydroxyl groups is 2. The van der Waals surface area contributed by atoms with Crippen molar-refractivity contribution in [3.8, 4) is 0 Å². The van der Waals surface area contributed by atoms with Crippen LogP contribution in [0.5, 0.6) is 0 Å². The molecule has 2 unspecified atom stereocenters. The van der Waals surface area contributed by atoms with Crippen molar-refractivity contribution in [2.75, 3.05) is 0 Å². The Morgan fingerprint density at radius 2 is 0.873 bits per heavy atom. The van der Waals surface area contributed by atoms with Crippen LogP contribution in [0.3, 0.4) is 0 Å². The van der Waals surface area contributed by atoms with Gasteiger partial charge in [0.25, 0.3) is 0 Å². The summed E-state index contributed by atoms with van der Waals surface area (Å²) in [6.07, 6.45) is 11.6. The summed E-state index contributed by atoms with van der Waals surface area (Å²) in [6, 6.07) is 28.4. The van der Waals surface area contributed by atoms with Gasteiger partial charge in [-0.05, 0) is 38.3 Å². The van der Waals surface area contributed by atoms with Crippen molar-refractivity contribution in [1.29, 1.82) is 0 Å². The Kier molecular flexibility index (Phi) is 43.1. The zero-order chi connectivity index (χ0) is 44.5. The van der Waals surface area contributed by atoms with Gasteiger partial charge in [0.05, 0.1) is 12.2 Å². The van der Waals surface area contributed by atoms with Crippen molar-refractivity contribution in [3.05, 3.63) is 152 Å². The van der Waals surface area contributed by atoms with Gasteiger partial charge in [0, 0.05) is 150 Å². The van der Waals surface area contributed by atoms with Gasteiger partial charge in [0.2, 0.25) is 0 Å². The van der Waals surface area contributed by atoms with Crippen LogP contribution < -0.4 is 0 Å². The summed E-state index contributed by atoms with van der Waals surface area (Å²) in [6.45, 7) is 21.4. The fourth-order valence-corrected chi connectivity index (χ4v) is 6.38. The molecule has 330 valence electrons. The zero-order valence-corrected chi connectivity index (χ0v) is 51.0. The molecule has 63 heavy (non-hydrogen) atoms. The number of hydrogen-bond donors (Lipinski definition) is 2. The molecular weight excluding hydrogens is 1090 g/mol. The summed E-state index contributed by atoms with van der Waals surface area (Å²) < 4.78 is 0. The summed E-state index contributed by atoms with van der Waals surface area (Å²) in [5.74, 6) is 0.196. The first-order valence-corrected chi connectivity index (χ1v) is 20.6. The van der Waals surface area contributed by atoms with E-state index in [2.05, 4.69) is 36.4 Å². The van der Waals surface area contributed by atoms with Crippen molar-refractivity contribution in [2.24, 2.45) is 0 Å². The van der Waals surface area contributed by atoms with Crippen LogP contribution in [0.15, 0.2) is 60.7 Å². The van der Waals surface area contributed by atoms with Gasteiger partial charge in [0.1, 0.15) is 12.1 Å². The van der Waals surface area contributed by atoms with Gasteiger partial charge in [-0.3, -0.25) is 14.4 Å². The zero-order valence-electron chi connectivity index (χ0n) is 39.7. The summed E-state index contributed by atoms with van der Waals surface area (Å²) in [7, 11) is 0. The third-order valence-electron chi connectivity index (χ3n) is 8.62. The maximum atomic E-state index is 11.7. The van der Waals surface area contributed by atoms with Crippen molar-refractivity contribution < 1.29 is 160 Å². The first-order valence-electron chi connectivity index (χ1n) is 20.6. The second-order valence-corrected chi connectivity index (χ2v) is 15.4. The molecule has 0 heterocycles. The number of ketones is 3. The maximum absolute atomic E-state index is 11.7. The smallest absolute Gasteiger partial charge is 0.158 e. The third-order valence-corrected chi connectivity index (χ3v) is 8.62. The fraction of sp³-hybridized carbons (Fsp3) is 0.396. The van der Waals surface area contributed by atoms with E-state index in [0.717, 1.165) is 86.7 Å². The molecule has 0 bridgehead atoms. The number of aldehydes is 1. The Labute approximate surface area is 481 Å². The van der Waals surface area contributed by atoms with E-state index >= 15 is 0 Å². The van der Waals surface area contributed by atoms with Crippen LogP contribution in [0.4, 0.5) is 0 Å². The second-order valence-electron chi connectivity index (χ2n) is 15.4. The number of hydrogen-bond acceptors (Lipinski definition) is 6. The predicted molar refractivity (Wildman–Crippen MR) is 243 cm³/mol. The molecule has 0 aliphatic heterocycles. The predicted octanol–water partition coefficient (Wildman–Crippen LogP) is 11.0. The molecule has 0 fully saturated rings. The normalized spacial score (nSPS) is 10.9. The first-order chi connectivity index (χ1) is 27.8. The van der Waals surface area contributed by atoms with E-state index in [1.54, 1.807) is 25.2 Å². The van der Waals surface area contributed by atoms with Crippen LogP contribution in [-0.2, 0) is 152 Å². The van der Waals surface area contributed by atoms with Gasteiger partial charge in [-0.25, -0.2) is 0 Å². The van der Waals surface area contributed by atoms with E-state index in [1.165, 1.54) is 5.56 Å². The summed E-state index contributed by atoms with van der Waals surface area (Å²) in [5.41, 5.74) is 12.6. The number of aryl methyl sites for hydroxylation is 9. The average Bonchev–Trinajstić information content (AvgIpc) is 3.12. The molecule has 2 N–H and O–H groups in total. The maximum Gasteiger partial charge on any atom is 0.158 e. The van der Waals surface area contributed by atoms with Crippen LogP contribution in [0.25, 0.3) is 12.2 Å². The molecule has 0 amide bonds. The van der Waals surface area contributed by atoms with E-state index in [1.807, 2.05) is 112 Å². The Bertz CT molecular complexity index is 1940. The van der Waals surface area contributed by atoms with E-state index in [4.69, 9.17) is 0 Å². The fourth-order valence-electron chi connectivity index (χ4n) is 6.38. The second kappa shape index (κ2) is 39.4. The first kappa shape index (κ1) is 69.0. The Balaban J connectivity index is -0.000000368. The molecule has 4 aromatic rings. The summed E-state index contributed by atoms with van der Waals surface area (Å²) in [5, 5.41) is 19.1. The molecule has 0 aromatic heterocycles. The molecule has 0 aliphatic carbocycles. The number of rotatable bonds is 16. The molecule has 4 rings (SSSR count).